The second kappa shape index (κ2) is 6.37. The largest absolute Gasteiger partial charge is 0.483 e. The number of ether oxygens (including phenoxy) is 1. The summed E-state index contributed by atoms with van der Waals surface area (Å²) in [4.78, 5) is 1.11. The van der Waals surface area contributed by atoms with Gasteiger partial charge in [-0.25, -0.2) is 0 Å². The zero-order valence-corrected chi connectivity index (χ0v) is 11.6. The number of nitrogens with zero attached hydrogens (tertiary/aromatic N) is 1. The maximum absolute atomic E-state index is 8.91. The fraction of sp³-hybridized carbons (Fsp3) is 0.267. The summed E-state index contributed by atoms with van der Waals surface area (Å²) in [6.07, 6.45) is 0.666. The van der Waals surface area contributed by atoms with E-state index < -0.39 is 0 Å². The van der Waals surface area contributed by atoms with E-state index in [0.29, 0.717) is 11.3 Å². The van der Waals surface area contributed by atoms with E-state index in [1.165, 1.54) is 0 Å². The molecular formula is C15H16N2OS. The molecule has 0 saturated heterocycles. The van der Waals surface area contributed by atoms with Crippen molar-refractivity contribution < 1.29 is 4.74 Å². The van der Waals surface area contributed by atoms with E-state index in [4.69, 9.17) is 15.7 Å². The molecule has 19 heavy (non-hydrogen) atoms. The van der Waals surface area contributed by atoms with Gasteiger partial charge >= 0.3 is 0 Å². The first-order valence-corrected chi connectivity index (χ1v) is 7.08. The molecule has 2 N–H and O–H groups in total. The molecule has 98 valence electrons. The zero-order valence-electron chi connectivity index (χ0n) is 10.7. The Morgan fingerprint density at radius 1 is 1.37 bits per heavy atom. The van der Waals surface area contributed by atoms with Crippen molar-refractivity contribution in [2.24, 2.45) is 5.73 Å². The van der Waals surface area contributed by atoms with Gasteiger partial charge in [0.2, 0.25) is 0 Å². The normalized spacial score (nSPS) is 13.5. The minimum Gasteiger partial charge on any atom is -0.483 e. The van der Waals surface area contributed by atoms with Crippen LogP contribution in [0.4, 0.5) is 0 Å². The van der Waals surface area contributed by atoms with E-state index >= 15 is 0 Å². The van der Waals surface area contributed by atoms with Gasteiger partial charge in [0.05, 0.1) is 11.6 Å². The summed E-state index contributed by atoms with van der Waals surface area (Å²) in [5.41, 5.74) is 6.73. The number of benzene rings is 1. The van der Waals surface area contributed by atoms with Gasteiger partial charge in [-0.05, 0) is 36.1 Å². The van der Waals surface area contributed by atoms with Crippen molar-refractivity contribution in [3.8, 4) is 11.8 Å². The van der Waals surface area contributed by atoms with E-state index in [2.05, 4.69) is 6.07 Å². The molecule has 1 aromatic carbocycles. The van der Waals surface area contributed by atoms with Gasteiger partial charge in [-0.3, -0.25) is 0 Å². The average Bonchev–Trinajstić information content (AvgIpc) is 2.98. The number of hydrogen-bond donors (Lipinski definition) is 1. The standard InChI is InChI=1S/C15H16N2OS/c1-2-13(17)15(14-7-4-8-19-14)18-12-6-3-5-11(9-12)10-16/h3-9,13,15H,2,17H2,1H3. The lowest BCUT2D eigenvalue weighted by Gasteiger charge is -2.23. The Morgan fingerprint density at radius 2 is 2.21 bits per heavy atom. The third-order valence-electron chi connectivity index (χ3n) is 2.91. The third-order valence-corrected chi connectivity index (χ3v) is 3.84. The average molecular weight is 272 g/mol. The Bertz CT molecular complexity index is 560. The van der Waals surface area contributed by atoms with Crippen LogP contribution in [0.25, 0.3) is 0 Å². The van der Waals surface area contributed by atoms with E-state index in [1.54, 1.807) is 23.5 Å². The molecule has 2 atom stereocenters. The molecule has 2 aromatic rings. The molecule has 4 heteroatoms. The zero-order chi connectivity index (χ0) is 13.7. The maximum atomic E-state index is 8.91. The Morgan fingerprint density at radius 3 is 2.84 bits per heavy atom. The highest BCUT2D eigenvalue weighted by Gasteiger charge is 2.21. The van der Waals surface area contributed by atoms with Crippen LogP contribution in [-0.4, -0.2) is 6.04 Å². The van der Waals surface area contributed by atoms with E-state index in [0.717, 1.165) is 11.3 Å². The van der Waals surface area contributed by atoms with Crippen LogP contribution in [0, 0.1) is 11.3 Å². The highest BCUT2D eigenvalue weighted by atomic mass is 32.1. The van der Waals surface area contributed by atoms with Crippen molar-refractivity contribution in [2.75, 3.05) is 0 Å². The molecule has 1 aromatic heterocycles. The molecule has 0 fully saturated rings. The Labute approximate surface area is 117 Å². The van der Waals surface area contributed by atoms with Crippen molar-refractivity contribution in [2.45, 2.75) is 25.5 Å². The molecular weight excluding hydrogens is 256 g/mol. The minimum atomic E-state index is -0.168. The summed E-state index contributed by atoms with van der Waals surface area (Å²) in [5.74, 6) is 0.682. The van der Waals surface area contributed by atoms with E-state index in [9.17, 15) is 0 Å². The van der Waals surface area contributed by atoms with Crippen LogP contribution in [0.5, 0.6) is 5.75 Å². The molecule has 0 radical (unpaired) electrons. The molecule has 0 amide bonds. The minimum absolute atomic E-state index is 0.0654. The van der Waals surface area contributed by atoms with Gasteiger partial charge < -0.3 is 10.5 Å². The van der Waals surface area contributed by atoms with Crippen LogP contribution >= 0.6 is 11.3 Å². The number of nitrogens with two attached hydrogens (primary N) is 1. The van der Waals surface area contributed by atoms with Crippen molar-refractivity contribution in [3.05, 3.63) is 52.2 Å². The number of thiophene rings is 1. The fourth-order valence-electron chi connectivity index (χ4n) is 1.81. The summed E-state index contributed by atoms with van der Waals surface area (Å²) in [6, 6.07) is 13.2. The number of rotatable bonds is 5. The molecule has 0 aliphatic heterocycles. The Hall–Kier alpha value is -1.83. The highest BCUT2D eigenvalue weighted by Crippen LogP contribution is 2.28. The van der Waals surface area contributed by atoms with Gasteiger partial charge in [-0.1, -0.05) is 19.1 Å². The summed E-state index contributed by atoms with van der Waals surface area (Å²) in [5, 5.41) is 10.9. The van der Waals surface area contributed by atoms with Crippen LogP contribution in [-0.2, 0) is 0 Å². The smallest absolute Gasteiger partial charge is 0.148 e. The molecule has 2 unspecified atom stereocenters. The van der Waals surface area contributed by atoms with Crippen LogP contribution < -0.4 is 10.5 Å². The van der Waals surface area contributed by atoms with Crippen molar-refractivity contribution >= 4 is 11.3 Å². The lowest BCUT2D eigenvalue weighted by Crippen LogP contribution is -2.30. The first kappa shape index (κ1) is 13.6. The van der Waals surface area contributed by atoms with Crippen LogP contribution in [0.2, 0.25) is 0 Å². The van der Waals surface area contributed by atoms with Gasteiger partial charge in [0.1, 0.15) is 11.9 Å². The summed E-state index contributed by atoms with van der Waals surface area (Å²) < 4.78 is 5.99. The fourth-order valence-corrected chi connectivity index (χ4v) is 2.64. The van der Waals surface area contributed by atoms with Crippen molar-refractivity contribution in [3.63, 3.8) is 0 Å². The quantitative estimate of drug-likeness (QED) is 0.906. The second-order valence-electron chi connectivity index (χ2n) is 4.27. The topological polar surface area (TPSA) is 59.0 Å². The molecule has 3 nitrogen and oxygen atoms in total. The van der Waals surface area contributed by atoms with Gasteiger partial charge in [-0.2, -0.15) is 5.26 Å². The molecule has 0 saturated carbocycles. The molecule has 0 aliphatic carbocycles. The summed E-state index contributed by atoms with van der Waals surface area (Å²) >= 11 is 1.63. The lowest BCUT2D eigenvalue weighted by molar-refractivity contribution is 0.174. The predicted octanol–water partition coefficient (Wildman–Crippen LogP) is 3.48. The lowest BCUT2D eigenvalue weighted by atomic mass is 10.1. The predicted molar refractivity (Wildman–Crippen MR) is 77.1 cm³/mol. The summed E-state index contributed by atoms with van der Waals surface area (Å²) in [7, 11) is 0. The third kappa shape index (κ3) is 3.34. The summed E-state index contributed by atoms with van der Waals surface area (Å²) in [6.45, 7) is 2.04. The van der Waals surface area contributed by atoms with Crippen molar-refractivity contribution in [1.82, 2.24) is 0 Å². The monoisotopic (exact) mass is 272 g/mol. The second-order valence-corrected chi connectivity index (χ2v) is 5.24. The van der Waals surface area contributed by atoms with Gasteiger partial charge in [0.15, 0.2) is 0 Å². The molecule has 1 heterocycles. The molecule has 0 aliphatic rings. The van der Waals surface area contributed by atoms with Crippen LogP contribution in [0.3, 0.4) is 0 Å². The van der Waals surface area contributed by atoms with E-state index in [1.807, 2.05) is 36.6 Å². The first-order chi connectivity index (χ1) is 9.24. The van der Waals surface area contributed by atoms with Crippen LogP contribution in [0.15, 0.2) is 41.8 Å². The molecule has 0 bridgehead atoms. The Balaban J connectivity index is 2.23. The van der Waals surface area contributed by atoms with Gasteiger partial charge in [-0.15, -0.1) is 11.3 Å². The van der Waals surface area contributed by atoms with Crippen LogP contribution in [0.1, 0.15) is 29.9 Å². The number of nitriles is 1. The molecule has 0 spiro atoms. The number of hydrogen-bond acceptors (Lipinski definition) is 4. The SMILES string of the molecule is CCC(N)C(Oc1cccc(C#N)c1)c1cccs1. The van der Waals surface area contributed by atoms with Gasteiger partial charge in [0.25, 0.3) is 0 Å². The molecule has 2 rings (SSSR count). The maximum Gasteiger partial charge on any atom is 0.148 e. The van der Waals surface area contributed by atoms with Crippen molar-refractivity contribution in [1.29, 1.82) is 5.26 Å². The van der Waals surface area contributed by atoms with E-state index in [-0.39, 0.29) is 12.1 Å². The first-order valence-electron chi connectivity index (χ1n) is 6.20. The Kier molecular flexibility index (Phi) is 4.56. The van der Waals surface area contributed by atoms with Gasteiger partial charge in [0, 0.05) is 10.9 Å². The highest BCUT2D eigenvalue weighted by molar-refractivity contribution is 7.10.